The van der Waals surface area contributed by atoms with Gasteiger partial charge in [0.15, 0.2) is 0 Å². The zero-order chi connectivity index (χ0) is 10.6. The van der Waals surface area contributed by atoms with Crippen LogP contribution in [-0.2, 0) is 0 Å². The first-order chi connectivity index (χ1) is 6.65. The van der Waals surface area contributed by atoms with Crippen LogP contribution in [0.1, 0.15) is 10.4 Å². The minimum Gasteiger partial charge on any atom is -0.478 e. The number of benzene rings is 1. The summed E-state index contributed by atoms with van der Waals surface area (Å²) in [6, 6.07) is 4.53. The van der Waals surface area contributed by atoms with Crippen LogP contribution in [0.25, 0.3) is 0 Å². The standard InChI is InChI=1S/C10H12N2O2/c1-2-5-12-9-6-7(10(13)14)3-4-8(9)11/h2-4,6,12H,1,5,11H2,(H,13,14). The van der Waals surface area contributed by atoms with Crippen molar-refractivity contribution < 1.29 is 9.90 Å². The molecule has 4 heteroatoms. The number of nitrogens with one attached hydrogen (secondary N) is 1. The molecule has 0 aromatic heterocycles. The first-order valence-electron chi connectivity index (χ1n) is 4.12. The van der Waals surface area contributed by atoms with Gasteiger partial charge in [-0.05, 0) is 18.2 Å². The summed E-state index contributed by atoms with van der Waals surface area (Å²) in [5.74, 6) is -0.966. The Balaban J connectivity index is 2.95. The summed E-state index contributed by atoms with van der Waals surface area (Å²) in [5, 5.41) is 11.7. The molecule has 0 amide bonds. The molecule has 0 bridgehead atoms. The van der Waals surface area contributed by atoms with Gasteiger partial charge in [0.1, 0.15) is 0 Å². The molecule has 0 atom stereocenters. The summed E-state index contributed by atoms with van der Waals surface area (Å²) < 4.78 is 0. The summed E-state index contributed by atoms with van der Waals surface area (Å²) in [5.41, 5.74) is 6.99. The Morgan fingerprint density at radius 2 is 2.36 bits per heavy atom. The van der Waals surface area contributed by atoms with Crippen LogP contribution in [0.15, 0.2) is 30.9 Å². The molecule has 1 aromatic rings. The lowest BCUT2D eigenvalue weighted by atomic mass is 10.1. The van der Waals surface area contributed by atoms with Gasteiger partial charge in [-0.3, -0.25) is 0 Å². The van der Waals surface area contributed by atoms with Gasteiger partial charge in [-0.2, -0.15) is 0 Å². The molecule has 0 heterocycles. The zero-order valence-corrected chi connectivity index (χ0v) is 7.66. The molecule has 0 aliphatic carbocycles. The number of anilines is 2. The van der Waals surface area contributed by atoms with E-state index in [2.05, 4.69) is 11.9 Å². The van der Waals surface area contributed by atoms with Crippen molar-refractivity contribution in [2.75, 3.05) is 17.6 Å². The second-order valence-electron chi connectivity index (χ2n) is 2.78. The minimum absolute atomic E-state index is 0.214. The van der Waals surface area contributed by atoms with Gasteiger partial charge in [0.05, 0.1) is 16.9 Å². The summed E-state index contributed by atoms with van der Waals surface area (Å²) in [6.07, 6.45) is 1.67. The molecule has 0 fully saturated rings. The normalized spacial score (nSPS) is 9.43. The third-order valence-electron chi connectivity index (χ3n) is 1.74. The number of carboxylic acid groups (broad SMARTS) is 1. The van der Waals surface area contributed by atoms with Gasteiger partial charge in [0.2, 0.25) is 0 Å². The summed E-state index contributed by atoms with van der Waals surface area (Å²) in [6.45, 7) is 4.09. The molecule has 4 N–H and O–H groups in total. The highest BCUT2D eigenvalue weighted by molar-refractivity contribution is 5.90. The number of carbonyl (C=O) groups is 1. The number of hydrogen-bond acceptors (Lipinski definition) is 3. The molecule has 4 nitrogen and oxygen atoms in total. The quantitative estimate of drug-likeness (QED) is 0.500. The number of aromatic carboxylic acids is 1. The molecule has 14 heavy (non-hydrogen) atoms. The summed E-state index contributed by atoms with van der Waals surface area (Å²) in [7, 11) is 0. The van der Waals surface area contributed by atoms with Crippen molar-refractivity contribution in [1.82, 2.24) is 0 Å². The fraction of sp³-hybridized carbons (Fsp3) is 0.100. The minimum atomic E-state index is -0.966. The molecular formula is C10H12N2O2. The van der Waals surface area contributed by atoms with Gasteiger partial charge in [-0.1, -0.05) is 6.08 Å². The average molecular weight is 192 g/mol. The molecule has 0 saturated heterocycles. The van der Waals surface area contributed by atoms with Gasteiger partial charge in [-0.25, -0.2) is 4.79 Å². The Morgan fingerprint density at radius 1 is 1.64 bits per heavy atom. The second kappa shape index (κ2) is 4.32. The molecule has 0 aliphatic rings. The maximum Gasteiger partial charge on any atom is 0.335 e. The van der Waals surface area contributed by atoms with Crippen LogP contribution in [-0.4, -0.2) is 17.6 Å². The van der Waals surface area contributed by atoms with E-state index in [1.54, 1.807) is 12.1 Å². The van der Waals surface area contributed by atoms with Crippen molar-refractivity contribution in [3.8, 4) is 0 Å². The van der Waals surface area contributed by atoms with Crippen LogP contribution in [0, 0.1) is 0 Å². The lowest BCUT2D eigenvalue weighted by molar-refractivity contribution is 0.0697. The van der Waals surface area contributed by atoms with Crippen molar-refractivity contribution in [2.45, 2.75) is 0 Å². The van der Waals surface area contributed by atoms with Crippen molar-refractivity contribution in [2.24, 2.45) is 0 Å². The molecule has 0 unspecified atom stereocenters. The van der Waals surface area contributed by atoms with Crippen LogP contribution in [0.4, 0.5) is 11.4 Å². The fourth-order valence-electron chi connectivity index (χ4n) is 1.02. The van der Waals surface area contributed by atoms with E-state index in [-0.39, 0.29) is 5.56 Å². The maximum absolute atomic E-state index is 10.6. The monoisotopic (exact) mass is 192 g/mol. The van der Waals surface area contributed by atoms with Crippen LogP contribution in [0.3, 0.4) is 0 Å². The topological polar surface area (TPSA) is 75.3 Å². The van der Waals surface area contributed by atoms with E-state index in [1.165, 1.54) is 12.1 Å². The molecule has 0 aliphatic heterocycles. The van der Waals surface area contributed by atoms with Crippen molar-refractivity contribution in [1.29, 1.82) is 0 Å². The predicted octanol–water partition coefficient (Wildman–Crippen LogP) is 1.56. The summed E-state index contributed by atoms with van der Waals surface area (Å²) >= 11 is 0. The van der Waals surface area contributed by atoms with Crippen molar-refractivity contribution >= 4 is 17.3 Å². The number of rotatable bonds is 4. The largest absolute Gasteiger partial charge is 0.478 e. The highest BCUT2D eigenvalue weighted by Gasteiger charge is 2.05. The number of carboxylic acids is 1. The first kappa shape index (κ1) is 10.1. The second-order valence-corrected chi connectivity index (χ2v) is 2.78. The lowest BCUT2D eigenvalue weighted by Crippen LogP contribution is -2.04. The molecular weight excluding hydrogens is 180 g/mol. The van der Waals surface area contributed by atoms with Gasteiger partial charge in [0.25, 0.3) is 0 Å². The molecule has 74 valence electrons. The van der Waals surface area contributed by atoms with E-state index in [0.717, 1.165) is 0 Å². The van der Waals surface area contributed by atoms with E-state index < -0.39 is 5.97 Å². The third-order valence-corrected chi connectivity index (χ3v) is 1.74. The molecule has 0 spiro atoms. The third kappa shape index (κ3) is 2.26. The number of hydrogen-bond donors (Lipinski definition) is 3. The SMILES string of the molecule is C=CCNc1cc(C(=O)O)ccc1N. The van der Waals surface area contributed by atoms with Gasteiger partial charge in [-0.15, -0.1) is 6.58 Å². The van der Waals surface area contributed by atoms with Crippen LogP contribution < -0.4 is 11.1 Å². The van der Waals surface area contributed by atoms with E-state index >= 15 is 0 Å². The predicted molar refractivity (Wildman–Crippen MR) is 56.5 cm³/mol. The van der Waals surface area contributed by atoms with Crippen molar-refractivity contribution in [3.63, 3.8) is 0 Å². The van der Waals surface area contributed by atoms with E-state index in [4.69, 9.17) is 10.8 Å². The Hall–Kier alpha value is -1.97. The highest BCUT2D eigenvalue weighted by Crippen LogP contribution is 2.19. The Morgan fingerprint density at radius 3 is 2.93 bits per heavy atom. The highest BCUT2D eigenvalue weighted by atomic mass is 16.4. The Kier molecular flexibility index (Phi) is 3.12. The van der Waals surface area contributed by atoms with E-state index in [9.17, 15) is 4.79 Å². The van der Waals surface area contributed by atoms with Gasteiger partial charge in [0, 0.05) is 6.54 Å². The van der Waals surface area contributed by atoms with Gasteiger partial charge < -0.3 is 16.2 Å². The number of nitrogens with two attached hydrogens (primary N) is 1. The van der Waals surface area contributed by atoms with Gasteiger partial charge >= 0.3 is 5.97 Å². The first-order valence-corrected chi connectivity index (χ1v) is 4.12. The number of nitrogen functional groups attached to an aromatic ring is 1. The van der Waals surface area contributed by atoms with Crippen molar-refractivity contribution in [3.05, 3.63) is 36.4 Å². The van der Waals surface area contributed by atoms with E-state index in [0.29, 0.717) is 17.9 Å². The molecule has 1 aromatic carbocycles. The molecule has 0 saturated carbocycles. The smallest absolute Gasteiger partial charge is 0.335 e. The Bertz CT molecular complexity index is 361. The van der Waals surface area contributed by atoms with Crippen LogP contribution in [0.5, 0.6) is 0 Å². The van der Waals surface area contributed by atoms with E-state index in [1.807, 2.05) is 0 Å². The maximum atomic E-state index is 10.6. The fourth-order valence-corrected chi connectivity index (χ4v) is 1.02. The Labute approximate surface area is 82.0 Å². The molecule has 1 rings (SSSR count). The zero-order valence-electron chi connectivity index (χ0n) is 7.66. The van der Waals surface area contributed by atoms with Crippen LogP contribution >= 0.6 is 0 Å². The lowest BCUT2D eigenvalue weighted by Gasteiger charge is -2.07. The molecule has 0 radical (unpaired) electrons. The average Bonchev–Trinajstić information content (AvgIpc) is 2.16. The van der Waals surface area contributed by atoms with Crippen LogP contribution in [0.2, 0.25) is 0 Å². The summed E-state index contributed by atoms with van der Waals surface area (Å²) in [4.78, 5) is 10.6.